The normalized spacial score (nSPS) is 18.8. The van der Waals surface area contributed by atoms with E-state index >= 15 is 0 Å². The molecule has 2 amide bonds. The molecule has 2 atom stereocenters. The number of para-hydroxylation sites is 1. The molecular weight excluding hydrogens is 324 g/mol. The SMILES string of the molecule is O=C(COc1ccccc1)N[C@H]1C(=O)N[C@H]1CCC(=O)n1ccnc1. The number of imidazole rings is 1. The fraction of sp³-hybridized carbons (Fsp3) is 0.294. The van der Waals surface area contributed by atoms with Gasteiger partial charge in [0.1, 0.15) is 18.1 Å². The van der Waals surface area contributed by atoms with Gasteiger partial charge in [-0.25, -0.2) is 4.98 Å². The topological polar surface area (TPSA) is 102 Å². The number of nitrogens with one attached hydrogen (secondary N) is 2. The van der Waals surface area contributed by atoms with Gasteiger partial charge in [0.25, 0.3) is 5.91 Å². The zero-order valence-electron chi connectivity index (χ0n) is 13.4. The number of amides is 2. The molecule has 2 heterocycles. The monoisotopic (exact) mass is 342 g/mol. The van der Waals surface area contributed by atoms with Crippen LogP contribution in [0.5, 0.6) is 5.75 Å². The number of carbonyl (C=O) groups is 3. The fourth-order valence-electron chi connectivity index (χ4n) is 2.54. The second-order valence-electron chi connectivity index (χ2n) is 5.66. The lowest BCUT2D eigenvalue weighted by Crippen LogP contribution is -2.69. The molecule has 0 saturated carbocycles. The molecule has 3 rings (SSSR count). The zero-order chi connectivity index (χ0) is 17.6. The highest BCUT2D eigenvalue weighted by molar-refractivity contribution is 5.93. The van der Waals surface area contributed by atoms with Crippen LogP contribution in [0.4, 0.5) is 0 Å². The van der Waals surface area contributed by atoms with E-state index in [2.05, 4.69) is 15.6 Å². The summed E-state index contributed by atoms with van der Waals surface area (Å²) in [7, 11) is 0. The fourth-order valence-corrected chi connectivity index (χ4v) is 2.54. The van der Waals surface area contributed by atoms with E-state index in [1.54, 1.807) is 30.5 Å². The summed E-state index contributed by atoms with van der Waals surface area (Å²) in [5.41, 5.74) is 0. The van der Waals surface area contributed by atoms with Crippen molar-refractivity contribution in [1.82, 2.24) is 20.2 Å². The summed E-state index contributed by atoms with van der Waals surface area (Å²) in [6, 6.07) is 8.05. The highest BCUT2D eigenvalue weighted by Gasteiger charge is 2.40. The van der Waals surface area contributed by atoms with Gasteiger partial charge in [0, 0.05) is 18.8 Å². The second-order valence-corrected chi connectivity index (χ2v) is 5.66. The smallest absolute Gasteiger partial charge is 0.258 e. The molecule has 1 aliphatic heterocycles. The van der Waals surface area contributed by atoms with Crippen LogP contribution < -0.4 is 15.4 Å². The highest BCUT2D eigenvalue weighted by Crippen LogP contribution is 2.14. The standard InChI is InChI=1S/C17H18N4O4/c22-14(10-25-12-4-2-1-3-5-12)20-16-13(19-17(16)24)6-7-15(23)21-9-8-18-11-21/h1-5,8-9,11,13,16H,6-7,10H2,(H,19,24)(H,20,22)/t13-,16+/m0/s1. The lowest BCUT2D eigenvalue weighted by Gasteiger charge is -2.37. The lowest BCUT2D eigenvalue weighted by atomic mass is 9.94. The number of benzene rings is 1. The Labute approximate surface area is 144 Å². The van der Waals surface area contributed by atoms with E-state index in [-0.39, 0.29) is 36.8 Å². The van der Waals surface area contributed by atoms with Crippen molar-refractivity contribution in [2.24, 2.45) is 0 Å². The van der Waals surface area contributed by atoms with Gasteiger partial charge in [0.2, 0.25) is 11.8 Å². The van der Waals surface area contributed by atoms with Crippen molar-refractivity contribution < 1.29 is 19.1 Å². The van der Waals surface area contributed by atoms with Crippen LogP contribution in [-0.2, 0) is 9.59 Å². The van der Waals surface area contributed by atoms with Crippen molar-refractivity contribution >= 4 is 17.7 Å². The molecule has 8 heteroatoms. The number of nitrogens with zero attached hydrogens (tertiary/aromatic N) is 2. The number of β-lactam (4-membered cyclic amide) rings is 1. The molecule has 1 aliphatic rings. The van der Waals surface area contributed by atoms with E-state index in [9.17, 15) is 14.4 Å². The Morgan fingerprint density at radius 3 is 2.76 bits per heavy atom. The summed E-state index contributed by atoms with van der Waals surface area (Å²) in [5, 5.41) is 5.34. The van der Waals surface area contributed by atoms with E-state index in [1.165, 1.54) is 17.1 Å². The van der Waals surface area contributed by atoms with E-state index in [0.29, 0.717) is 12.2 Å². The van der Waals surface area contributed by atoms with Crippen molar-refractivity contribution in [3.05, 3.63) is 49.1 Å². The average molecular weight is 342 g/mol. The largest absolute Gasteiger partial charge is 0.484 e. The van der Waals surface area contributed by atoms with Crippen molar-refractivity contribution in [2.45, 2.75) is 24.9 Å². The maximum atomic E-state index is 11.9. The van der Waals surface area contributed by atoms with E-state index in [4.69, 9.17) is 4.74 Å². The number of ether oxygens (including phenoxy) is 1. The van der Waals surface area contributed by atoms with Crippen LogP contribution in [0.25, 0.3) is 0 Å². The summed E-state index contributed by atoms with van der Waals surface area (Å²) in [5.74, 6) is -0.169. The van der Waals surface area contributed by atoms with Gasteiger partial charge in [-0.05, 0) is 18.6 Å². The summed E-state index contributed by atoms with van der Waals surface area (Å²) in [6.45, 7) is -0.172. The Morgan fingerprint density at radius 1 is 1.28 bits per heavy atom. The molecule has 8 nitrogen and oxygen atoms in total. The first-order valence-corrected chi connectivity index (χ1v) is 7.92. The summed E-state index contributed by atoms with van der Waals surface area (Å²) in [6.07, 6.45) is 5.21. The van der Waals surface area contributed by atoms with Crippen LogP contribution in [0.2, 0.25) is 0 Å². The third-order valence-corrected chi connectivity index (χ3v) is 3.90. The van der Waals surface area contributed by atoms with Crippen LogP contribution in [0.3, 0.4) is 0 Å². The Kier molecular flexibility index (Phi) is 5.08. The number of rotatable bonds is 7. The van der Waals surface area contributed by atoms with Gasteiger partial charge in [-0.3, -0.25) is 19.0 Å². The maximum absolute atomic E-state index is 11.9. The van der Waals surface area contributed by atoms with Crippen molar-refractivity contribution in [3.63, 3.8) is 0 Å². The molecule has 1 aromatic heterocycles. The average Bonchev–Trinajstić information content (AvgIpc) is 3.17. The molecule has 0 radical (unpaired) electrons. The van der Waals surface area contributed by atoms with Crippen LogP contribution >= 0.6 is 0 Å². The molecule has 1 saturated heterocycles. The molecule has 2 aromatic rings. The van der Waals surface area contributed by atoms with Crippen molar-refractivity contribution in [1.29, 1.82) is 0 Å². The van der Waals surface area contributed by atoms with Gasteiger partial charge in [-0.1, -0.05) is 18.2 Å². The van der Waals surface area contributed by atoms with E-state index in [0.717, 1.165) is 0 Å². The molecule has 1 aromatic carbocycles. The predicted molar refractivity (Wildman–Crippen MR) is 87.9 cm³/mol. The van der Waals surface area contributed by atoms with Crippen LogP contribution in [-0.4, -0.2) is 46.0 Å². The Hall–Kier alpha value is -3.16. The van der Waals surface area contributed by atoms with Crippen molar-refractivity contribution in [3.8, 4) is 5.75 Å². The van der Waals surface area contributed by atoms with Crippen LogP contribution in [0, 0.1) is 0 Å². The first-order chi connectivity index (χ1) is 12.1. The molecule has 0 aliphatic carbocycles. The summed E-state index contributed by atoms with van der Waals surface area (Å²) in [4.78, 5) is 39.3. The third kappa shape index (κ3) is 4.23. The number of hydrogen-bond donors (Lipinski definition) is 2. The minimum atomic E-state index is -0.637. The third-order valence-electron chi connectivity index (χ3n) is 3.90. The van der Waals surface area contributed by atoms with Gasteiger partial charge < -0.3 is 15.4 Å². The van der Waals surface area contributed by atoms with E-state index in [1.807, 2.05) is 6.07 Å². The Balaban J connectivity index is 1.43. The van der Waals surface area contributed by atoms with Gasteiger partial charge in [-0.2, -0.15) is 0 Å². The molecule has 0 bridgehead atoms. The quantitative estimate of drug-likeness (QED) is 0.708. The van der Waals surface area contributed by atoms with Gasteiger partial charge in [0.05, 0.1) is 6.04 Å². The molecule has 0 spiro atoms. The minimum absolute atomic E-state index is 0.115. The zero-order valence-corrected chi connectivity index (χ0v) is 13.4. The van der Waals surface area contributed by atoms with Crippen molar-refractivity contribution in [2.75, 3.05) is 6.61 Å². The Bertz CT molecular complexity index is 745. The van der Waals surface area contributed by atoms with Gasteiger partial charge in [-0.15, -0.1) is 0 Å². The molecular formula is C17H18N4O4. The minimum Gasteiger partial charge on any atom is -0.484 e. The number of aromatic nitrogens is 2. The number of hydrogen-bond acceptors (Lipinski definition) is 5. The first kappa shape index (κ1) is 16.7. The number of carbonyl (C=O) groups excluding carboxylic acids is 3. The summed E-state index contributed by atoms with van der Waals surface area (Å²) >= 11 is 0. The molecule has 0 unspecified atom stereocenters. The maximum Gasteiger partial charge on any atom is 0.258 e. The Morgan fingerprint density at radius 2 is 2.08 bits per heavy atom. The second kappa shape index (κ2) is 7.61. The molecule has 1 fully saturated rings. The molecule has 2 N–H and O–H groups in total. The predicted octanol–water partition coefficient (Wildman–Crippen LogP) is 0.366. The van der Waals surface area contributed by atoms with Gasteiger partial charge in [0.15, 0.2) is 6.61 Å². The van der Waals surface area contributed by atoms with Crippen LogP contribution in [0.1, 0.15) is 17.6 Å². The lowest BCUT2D eigenvalue weighted by molar-refractivity contribution is -0.137. The van der Waals surface area contributed by atoms with E-state index < -0.39 is 6.04 Å². The molecule has 25 heavy (non-hydrogen) atoms. The highest BCUT2D eigenvalue weighted by atomic mass is 16.5. The van der Waals surface area contributed by atoms with Gasteiger partial charge >= 0.3 is 0 Å². The molecule has 130 valence electrons. The van der Waals surface area contributed by atoms with Crippen LogP contribution in [0.15, 0.2) is 49.1 Å². The first-order valence-electron chi connectivity index (χ1n) is 7.92. The summed E-state index contributed by atoms with van der Waals surface area (Å²) < 4.78 is 6.74.